The largest absolute Gasteiger partial charge is 0.0759 e. The number of rotatable bonds is 0. The molecule has 2 aromatic rings. The van der Waals surface area contributed by atoms with E-state index in [0.29, 0.717) is 5.92 Å². The molecule has 20 heavy (non-hydrogen) atoms. The molecule has 1 atom stereocenters. The normalized spacial score (nSPS) is 18.9. The SMILES string of the molecule is Brc1ccc2c(c1)C1C(=CCc3ccc(Br)cc31)C=C2. The third-order valence-electron chi connectivity index (χ3n) is 4.13. The van der Waals surface area contributed by atoms with E-state index in [0.717, 1.165) is 15.4 Å². The van der Waals surface area contributed by atoms with Crippen LogP contribution in [0.5, 0.6) is 0 Å². The molecule has 1 unspecified atom stereocenters. The Kier molecular flexibility index (Phi) is 2.97. The highest BCUT2D eigenvalue weighted by atomic mass is 79.9. The molecule has 2 heteroatoms. The summed E-state index contributed by atoms with van der Waals surface area (Å²) in [4.78, 5) is 0. The lowest BCUT2D eigenvalue weighted by Gasteiger charge is -2.30. The highest BCUT2D eigenvalue weighted by Gasteiger charge is 2.27. The second kappa shape index (κ2) is 4.71. The van der Waals surface area contributed by atoms with Crippen molar-refractivity contribution >= 4 is 37.9 Å². The van der Waals surface area contributed by atoms with E-state index in [1.165, 1.54) is 27.8 Å². The van der Waals surface area contributed by atoms with Crippen LogP contribution < -0.4 is 0 Å². The summed E-state index contributed by atoms with van der Waals surface area (Å²) in [5.41, 5.74) is 7.00. The quantitative estimate of drug-likeness (QED) is 0.531. The van der Waals surface area contributed by atoms with Crippen molar-refractivity contribution in [2.24, 2.45) is 0 Å². The summed E-state index contributed by atoms with van der Waals surface area (Å²) in [6.07, 6.45) is 7.89. The first-order valence-electron chi connectivity index (χ1n) is 6.68. The van der Waals surface area contributed by atoms with Crippen molar-refractivity contribution in [3.8, 4) is 0 Å². The Morgan fingerprint density at radius 2 is 1.60 bits per heavy atom. The zero-order chi connectivity index (χ0) is 13.7. The summed E-state index contributed by atoms with van der Waals surface area (Å²) < 4.78 is 2.30. The second-order valence-electron chi connectivity index (χ2n) is 5.29. The van der Waals surface area contributed by atoms with Gasteiger partial charge in [0.05, 0.1) is 0 Å². The molecule has 4 rings (SSSR count). The molecule has 2 aromatic carbocycles. The molecular weight excluding hydrogens is 376 g/mol. The molecule has 0 radical (unpaired) electrons. The molecule has 0 spiro atoms. The fourth-order valence-corrected chi connectivity index (χ4v) is 3.95. The van der Waals surface area contributed by atoms with Crippen molar-refractivity contribution in [2.75, 3.05) is 0 Å². The van der Waals surface area contributed by atoms with Crippen LogP contribution in [0.2, 0.25) is 0 Å². The van der Waals surface area contributed by atoms with Gasteiger partial charge in [0, 0.05) is 14.9 Å². The van der Waals surface area contributed by atoms with E-state index in [-0.39, 0.29) is 0 Å². The van der Waals surface area contributed by atoms with Crippen molar-refractivity contribution in [3.63, 3.8) is 0 Å². The third kappa shape index (κ3) is 1.94. The van der Waals surface area contributed by atoms with Crippen LogP contribution in [0.4, 0.5) is 0 Å². The van der Waals surface area contributed by atoms with Gasteiger partial charge in [-0.05, 0) is 58.5 Å². The van der Waals surface area contributed by atoms with Crippen molar-refractivity contribution < 1.29 is 0 Å². The molecule has 0 heterocycles. The number of allylic oxidation sites excluding steroid dienone is 3. The van der Waals surface area contributed by atoms with Gasteiger partial charge >= 0.3 is 0 Å². The molecule has 98 valence electrons. The van der Waals surface area contributed by atoms with Crippen LogP contribution in [0, 0.1) is 0 Å². The Morgan fingerprint density at radius 3 is 2.45 bits per heavy atom. The smallest absolute Gasteiger partial charge is 0.0346 e. The molecule has 0 N–H and O–H groups in total. The molecular formula is C18H12Br2. The first-order chi connectivity index (χ1) is 9.72. The predicted molar refractivity (Wildman–Crippen MR) is 90.9 cm³/mol. The first-order valence-corrected chi connectivity index (χ1v) is 8.27. The average Bonchev–Trinajstić information content (AvgIpc) is 2.46. The van der Waals surface area contributed by atoms with Gasteiger partial charge in [-0.3, -0.25) is 0 Å². The highest BCUT2D eigenvalue weighted by molar-refractivity contribution is 9.10. The maximum Gasteiger partial charge on any atom is 0.0346 e. The maximum absolute atomic E-state index is 3.61. The van der Waals surface area contributed by atoms with E-state index in [9.17, 15) is 0 Å². The van der Waals surface area contributed by atoms with E-state index >= 15 is 0 Å². The Hall–Kier alpha value is -1.12. The van der Waals surface area contributed by atoms with E-state index in [1.807, 2.05) is 0 Å². The summed E-state index contributed by atoms with van der Waals surface area (Å²) in [5, 5.41) is 0. The van der Waals surface area contributed by atoms with Crippen LogP contribution in [0.25, 0.3) is 6.08 Å². The summed E-state index contributed by atoms with van der Waals surface area (Å²) in [5.74, 6) is 0.369. The number of benzene rings is 2. The third-order valence-corrected chi connectivity index (χ3v) is 5.11. The highest BCUT2D eigenvalue weighted by Crippen LogP contribution is 2.44. The van der Waals surface area contributed by atoms with Crippen molar-refractivity contribution in [1.82, 2.24) is 0 Å². The predicted octanol–water partition coefficient (Wildman–Crippen LogP) is 5.85. The summed E-state index contributed by atoms with van der Waals surface area (Å²) in [7, 11) is 0. The Morgan fingerprint density at radius 1 is 0.850 bits per heavy atom. The van der Waals surface area contributed by atoms with Crippen molar-refractivity contribution in [3.05, 3.63) is 85.3 Å². The molecule has 0 bridgehead atoms. The van der Waals surface area contributed by atoms with Crippen LogP contribution >= 0.6 is 31.9 Å². The topological polar surface area (TPSA) is 0 Å². The average molecular weight is 388 g/mol. The van der Waals surface area contributed by atoms with Crippen LogP contribution in [-0.2, 0) is 6.42 Å². The van der Waals surface area contributed by atoms with Gasteiger partial charge in [-0.1, -0.05) is 62.2 Å². The molecule has 2 aliphatic carbocycles. The maximum atomic E-state index is 3.61. The van der Waals surface area contributed by atoms with E-state index in [4.69, 9.17) is 0 Å². The Labute approximate surface area is 135 Å². The minimum Gasteiger partial charge on any atom is -0.0759 e. The Bertz CT molecular complexity index is 769. The monoisotopic (exact) mass is 386 g/mol. The second-order valence-corrected chi connectivity index (χ2v) is 7.12. The van der Waals surface area contributed by atoms with Crippen LogP contribution in [0.3, 0.4) is 0 Å². The fourth-order valence-electron chi connectivity index (χ4n) is 3.19. The number of halogens is 2. The van der Waals surface area contributed by atoms with Gasteiger partial charge in [0.25, 0.3) is 0 Å². The van der Waals surface area contributed by atoms with E-state index < -0.39 is 0 Å². The van der Waals surface area contributed by atoms with Crippen LogP contribution in [-0.4, -0.2) is 0 Å². The molecule has 0 aromatic heterocycles. The zero-order valence-electron chi connectivity index (χ0n) is 10.7. The molecule has 0 fully saturated rings. The van der Waals surface area contributed by atoms with Crippen LogP contribution in [0.15, 0.2) is 63.1 Å². The van der Waals surface area contributed by atoms with Crippen molar-refractivity contribution in [2.45, 2.75) is 12.3 Å². The van der Waals surface area contributed by atoms with E-state index in [1.54, 1.807) is 0 Å². The summed E-state index contributed by atoms with van der Waals surface area (Å²) >= 11 is 7.22. The van der Waals surface area contributed by atoms with Gasteiger partial charge in [0.15, 0.2) is 0 Å². The van der Waals surface area contributed by atoms with Gasteiger partial charge in [-0.25, -0.2) is 0 Å². The molecule has 0 saturated carbocycles. The molecule has 0 aliphatic heterocycles. The van der Waals surface area contributed by atoms with Crippen LogP contribution in [0.1, 0.15) is 28.2 Å². The molecule has 0 amide bonds. The van der Waals surface area contributed by atoms with Gasteiger partial charge in [0.1, 0.15) is 0 Å². The summed E-state index contributed by atoms with van der Waals surface area (Å²) in [6, 6.07) is 13.2. The number of hydrogen-bond acceptors (Lipinski definition) is 0. The Balaban J connectivity index is 1.99. The molecule has 0 saturated heterocycles. The lowest BCUT2D eigenvalue weighted by Crippen LogP contribution is -2.14. The number of fused-ring (bicyclic) bond motifs is 5. The lowest BCUT2D eigenvalue weighted by atomic mass is 9.74. The minimum atomic E-state index is 0.369. The van der Waals surface area contributed by atoms with E-state index in [2.05, 4.69) is 86.5 Å². The van der Waals surface area contributed by atoms with Gasteiger partial charge in [-0.2, -0.15) is 0 Å². The lowest BCUT2D eigenvalue weighted by molar-refractivity contribution is 0.899. The molecule has 2 aliphatic rings. The summed E-state index contributed by atoms with van der Waals surface area (Å²) in [6.45, 7) is 0. The first kappa shape index (κ1) is 12.6. The zero-order valence-corrected chi connectivity index (χ0v) is 13.9. The number of hydrogen-bond donors (Lipinski definition) is 0. The van der Waals surface area contributed by atoms with Crippen molar-refractivity contribution in [1.29, 1.82) is 0 Å². The van der Waals surface area contributed by atoms with Gasteiger partial charge < -0.3 is 0 Å². The minimum absolute atomic E-state index is 0.369. The molecule has 0 nitrogen and oxygen atoms in total. The van der Waals surface area contributed by atoms with Gasteiger partial charge in [0.2, 0.25) is 0 Å². The van der Waals surface area contributed by atoms with Gasteiger partial charge in [-0.15, -0.1) is 0 Å². The fraction of sp³-hybridized carbons (Fsp3) is 0.111. The standard InChI is InChI=1S/C18H12Br2/c19-14-7-5-11-1-3-13-4-2-12-6-8-15(20)10-17(12)18(13)16(11)9-14/h1,3-10,18H,2H2.